The highest BCUT2D eigenvalue weighted by Gasteiger charge is 2.36. The minimum absolute atomic E-state index is 0.248. The third-order valence-corrected chi connectivity index (χ3v) is 2.63. The molecule has 2 aromatic rings. The van der Waals surface area contributed by atoms with Crippen LogP contribution in [-0.2, 0) is 6.18 Å². The van der Waals surface area contributed by atoms with Gasteiger partial charge in [0.1, 0.15) is 0 Å². The summed E-state index contributed by atoms with van der Waals surface area (Å²) >= 11 is 0. The standard InChI is InChI=1S/C11H10BF3N2O2/c1-7-5-17(6-16-7)8-2-3-10(12(18)19)9(4-8)11(13,14)15/h2-6,18-19H,1H3. The SMILES string of the molecule is Cc1cn(-c2ccc(B(O)O)c(C(F)(F)F)c2)cn1. The summed E-state index contributed by atoms with van der Waals surface area (Å²) in [5.41, 5.74) is -0.739. The summed E-state index contributed by atoms with van der Waals surface area (Å²) in [5.74, 6) is 0. The van der Waals surface area contributed by atoms with Gasteiger partial charge in [-0.3, -0.25) is 0 Å². The molecule has 2 N–H and O–H groups in total. The summed E-state index contributed by atoms with van der Waals surface area (Å²) in [6.45, 7) is 1.72. The monoisotopic (exact) mass is 270 g/mol. The summed E-state index contributed by atoms with van der Waals surface area (Å²) in [6.07, 6.45) is -1.70. The number of benzene rings is 1. The van der Waals surface area contributed by atoms with Crippen LogP contribution in [0.15, 0.2) is 30.7 Å². The second-order valence-electron chi connectivity index (χ2n) is 4.07. The number of hydrogen-bond donors (Lipinski definition) is 2. The molecule has 0 spiro atoms. The van der Waals surface area contributed by atoms with Crippen molar-refractivity contribution in [2.75, 3.05) is 0 Å². The van der Waals surface area contributed by atoms with Crippen molar-refractivity contribution < 1.29 is 23.2 Å². The highest BCUT2D eigenvalue weighted by atomic mass is 19.4. The molecule has 0 amide bonds. The van der Waals surface area contributed by atoms with Crippen LogP contribution in [0.3, 0.4) is 0 Å². The highest BCUT2D eigenvalue weighted by Crippen LogP contribution is 2.29. The van der Waals surface area contributed by atoms with E-state index in [0.717, 1.165) is 12.1 Å². The van der Waals surface area contributed by atoms with E-state index in [0.29, 0.717) is 5.69 Å². The molecule has 0 aliphatic carbocycles. The fraction of sp³-hybridized carbons (Fsp3) is 0.182. The number of hydrogen-bond acceptors (Lipinski definition) is 3. The first-order chi connectivity index (χ1) is 8.79. The van der Waals surface area contributed by atoms with Crippen molar-refractivity contribution >= 4 is 12.6 Å². The van der Waals surface area contributed by atoms with E-state index in [1.807, 2.05) is 0 Å². The molecular formula is C11H10BF3N2O2. The van der Waals surface area contributed by atoms with Gasteiger partial charge in [-0.1, -0.05) is 6.07 Å². The van der Waals surface area contributed by atoms with E-state index in [1.165, 1.54) is 17.0 Å². The lowest BCUT2D eigenvalue weighted by atomic mass is 9.76. The molecule has 0 bridgehead atoms. The van der Waals surface area contributed by atoms with E-state index in [1.54, 1.807) is 13.1 Å². The average Bonchev–Trinajstić information content (AvgIpc) is 2.74. The molecule has 0 aliphatic rings. The van der Waals surface area contributed by atoms with Gasteiger partial charge in [0.15, 0.2) is 0 Å². The number of alkyl halides is 3. The molecule has 1 aromatic carbocycles. The first-order valence-electron chi connectivity index (χ1n) is 5.37. The number of halogens is 3. The molecule has 1 aromatic heterocycles. The van der Waals surface area contributed by atoms with Gasteiger partial charge in [0.25, 0.3) is 0 Å². The summed E-state index contributed by atoms with van der Waals surface area (Å²) in [6, 6.07) is 3.26. The van der Waals surface area contributed by atoms with Crippen molar-refractivity contribution in [3.05, 3.63) is 42.0 Å². The molecule has 19 heavy (non-hydrogen) atoms. The highest BCUT2D eigenvalue weighted by molar-refractivity contribution is 6.59. The van der Waals surface area contributed by atoms with Gasteiger partial charge in [0.2, 0.25) is 0 Å². The first-order valence-corrected chi connectivity index (χ1v) is 5.37. The predicted octanol–water partition coefficient (Wildman–Crippen LogP) is 0.879. The van der Waals surface area contributed by atoms with E-state index < -0.39 is 24.3 Å². The number of rotatable bonds is 2. The average molecular weight is 270 g/mol. The molecule has 1 heterocycles. The number of aromatic nitrogens is 2. The minimum Gasteiger partial charge on any atom is -0.423 e. The van der Waals surface area contributed by atoms with Gasteiger partial charge in [0.05, 0.1) is 17.6 Å². The van der Waals surface area contributed by atoms with Crippen LogP contribution in [-0.4, -0.2) is 26.7 Å². The quantitative estimate of drug-likeness (QED) is 0.796. The largest absolute Gasteiger partial charge is 0.489 e. The van der Waals surface area contributed by atoms with Crippen LogP contribution in [0.4, 0.5) is 13.2 Å². The topological polar surface area (TPSA) is 58.3 Å². The van der Waals surface area contributed by atoms with Crippen LogP contribution in [0, 0.1) is 6.92 Å². The molecule has 100 valence electrons. The molecule has 2 rings (SSSR count). The molecule has 0 aliphatic heterocycles. The van der Waals surface area contributed by atoms with Gasteiger partial charge in [0, 0.05) is 11.9 Å². The lowest BCUT2D eigenvalue weighted by molar-refractivity contribution is -0.136. The zero-order valence-corrected chi connectivity index (χ0v) is 9.89. The molecule has 8 heteroatoms. The van der Waals surface area contributed by atoms with E-state index >= 15 is 0 Å². The Morgan fingerprint density at radius 2 is 1.95 bits per heavy atom. The smallest absolute Gasteiger partial charge is 0.423 e. The Kier molecular flexibility index (Phi) is 3.38. The Hall–Kier alpha value is -1.80. The van der Waals surface area contributed by atoms with Gasteiger partial charge in [-0.05, 0) is 24.5 Å². The normalized spacial score (nSPS) is 11.7. The van der Waals surface area contributed by atoms with Crippen LogP contribution in [0.2, 0.25) is 0 Å². The maximum Gasteiger partial charge on any atom is 0.489 e. The van der Waals surface area contributed by atoms with Crippen LogP contribution >= 0.6 is 0 Å². The summed E-state index contributed by atoms with van der Waals surface area (Å²) in [7, 11) is -2.17. The van der Waals surface area contributed by atoms with Gasteiger partial charge in [-0.15, -0.1) is 0 Å². The zero-order chi connectivity index (χ0) is 14.2. The van der Waals surface area contributed by atoms with Crippen molar-refractivity contribution in [3.63, 3.8) is 0 Å². The Bertz CT molecular complexity index is 596. The van der Waals surface area contributed by atoms with E-state index in [4.69, 9.17) is 10.0 Å². The predicted molar refractivity (Wildman–Crippen MR) is 63.1 cm³/mol. The number of aryl methyl sites for hydroxylation is 1. The second kappa shape index (κ2) is 4.71. The third kappa shape index (κ3) is 2.79. The maximum absolute atomic E-state index is 12.9. The van der Waals surface area contributed by atoms with Crippen molar-refractivity contribution in [2.24, 2.45) is 0 Å². The summed E-state index contributed by atoms with van der Waals surface area (Å²) in [4.78, 5) is 3.93. The lowest BCUT2D eigenvalue weighted by Crippen LogP contribution is -2.36. The third-order valence-electron chi connectivity index (χ3n) is 2.63. The van der Waals surface area contributed by atoms with E-state index in [9.17, 15) is 13.2 Å². The molecule has 0 radical (unpaired) electrons. The zero-order valence-electron chi connectivity index (χ0n) is 9.89. The van der Waals surface area contributed by atoms with Crippen molar-refractivity contribution in [1.82, 2.24) is 9.55 Å². The van der Waals surface area contributed by atoms with E-state index in [2.05, 4.69) is 4.98 Å². The fourth-order valence-electron chi connectivity index (χ4n) is 1.74. The fourth-order valence-corrected chi connectivity index (χ4v) is 1.74. The Labute approximate surface area is 107 Å². The molecule has 0 unspecified atom stereocenters. The molecule has 0 fully saturated rings. The first kappa shape index (κ1) is 13.6. The molecule has 0 saturated heterocycles. The Balaban J connectivity index is 2.56. The van der Waals surface area contributed by atoms with Crippen molar-refractivity contribution in [2.45, 2.75) is 13.1 Å². The van der Waals surface area contributed by atoms with Crippen LogP contribution in [0.5, 0.6) is 0 Å². The molecule has 0 atom stereocenters. The van der Waals surface area contributed by atoms with Gasteiger partial charge in [-0.25, -0.2) is 4.98 Å². The lowest BCUT2D eigenvalue weighted by Gasteiger charge is -2.14. The van der Waals surface area contributed by atoms with Gasteiger partial charge in [-0.2, -0.15) is 13.2 Å². The van der Waals surface area contributed by atoms with Crippen molar-refractivity contribution in [1.29, 1.82) is 0 Å². The molecular weight excluding hydrogens is 260 g/mol. The summed E-state index contributed by atoms with van der Waals surface area (Å²) < 4.78 is 40.0. The van der Waals surface area contributed by atoms with Crippen LogP contribution < -0.4 is 5.46 Å². The number of imidazole rings is 1. The minimum atomic E-state index is -4.66. The second-order valence-corrected chi connectivity index (χ2v) is 4.07. The number of nitrogens with zero attached hydrogens (tertiary/aromatic N) is 2. The Morgan fingerprint density at radius 1 is 1.26 bits per heavy atom. The maximum atomic E-state index is 12.9. The van der Waals surface area contributed by atoms with Crippen molar-refractivity contribution in [3.8, 4) is 5.69 Å². The molecule has 0 saturated carbocycles. The Morgan fingerprint density at radius 3 is 2.42 bits per heavy atom. The summed E-state index contributed by atoms with van der Waals surface area (Å²) in [5, 5.41) is 17.9. The van der Waals surface area contributed by atoms with Gasteiger partial charge >= 0.3 is 13.3 Å². The van der Waals surface area contributed by atoms with E-state index in [-0.39, 0.29) is 5.69 Å². The van der Waals surface area contributed by atoms with Crippen LogP contribution in [0.1, 0.15) is 11.3 Å². The van der Waals surface area contributed by atoms with Gasteiger partial charge < -0.3 is 14.6 Å². The molecule has 4 nitrogen and oxygen atoms in total. The van der Waals surface area contributed by atoms with Crippen LogP contribution in [0.25, 0.3) is 5.69 Å².